The van der Waals surface area contributed by atoms with Crippen molar-refractivity contribution in [1.29, 1.82) is 5.26 Å². The Balaban J connectivity index is 2.51. The van der Waals surface area contributed by atoms with Crippen LogP contribution in [0.3, 0.4) is 0 Å². The van der Waals surface area contributed by atoms with E-state index < -0.39 is 5.92 Å². The topological polar surface area (TPSA) is 52.9 Å². The number of hydrogen-bond acceptors (Lipinski definition) is 2. The first-order valence-corrected chi connectivity index (χ1v) is 6.38. The molecule has 0 saturated heterocycles. The molecule has 0 aliphatic heterocycles. The van der Waals surface area contributed by atoms with E-state index in [4.69, 9.17) is 5.26 Å². The summed E-state index contributed by atoms with van der Waals surface area (Å²) < 4.78 is 0. The smallest absolute Gasteiger partial charge is 0.237 e. The van der Waals surface area contributed by atoms with Crippen molar-refractivity contribution in [3.8, 4) is 6.07 Å². The van der Waals surface area contributed by atoms with Crippen LogP contribution in [-0.4, -0.2) is 12.5 Å². The minimum atomic E-state index is -0.601. The molecule has 0 bridgehead atoms. The van der Waals surface area contributed by atoms with Gasteiger partial charge in [0.25, 0.3) is 0 Å². The van der Waals surface area contributed by atoms with Crippen molar-refractivity contribution < 1.29 is 4.79 Å². The van der Waals surface area contributed by atoms with E-state index in [1.165, 1.54) is 0 Å². The fraction of sp³-hybridized carbons (Fsp3) is 0.467. The number of nitrogens with zero attached hydrogens (tertiary/aromatic N) is 1. The third kappa shape index (κ3) is 4.58. The van der Waals surface area contributed by atoms with Crippen LogP contribution in [0.5, 0.6) is 0 Å². The first kappa shape index (κ1) is 14.2. The molecule has 1 aromatic carbocycles. The molecule has 0 aliphatic rings. The standard InChI is InChI=1S/C15H20N2O/c1-3-12(2)11-17-15(18)14(10-16)9-13-7-5-4-6-8-13/h4-8,12,14H,3,9,11H2,1-2H3,(H,17,18). The average Bonchev–Trinajstić information content (AvgIpc) is 2.42. The van der Waals surface area contributed by atoms with Crippen LogP contribution < -0.4 is 5.32 Å². The van der Waals surface area contributed by atoms with Gasteiger partial charge in [0.1, 0.15) is 5.92 Å². The van der Waals surface area contributed by atoms with Crippen molar-refractivity contribution in [3.63, 3.8) is 0 Å². The van der Waals surface area contributed by atoms with Crippen molar-refractivity contribution in [2.45, 2.75) is 26.7 Å². The van der Waals surface area contributed by atoms with Crippen LogP contribution in [0.1, 0.15) is 25.8 Å². The van der Waals surface area contributed by atoms with Gasteiger partial charge >= 0.3 is 0 Å². The fourth-order valence-electron chi connectivity index (χ4n) is 1.59. The molecular weight excluding hydrogens is 224 g/mol. The monoisotopic (exact) mass is 244 g/mol. The maximum absolute atomic E-state index is 11.9. The molecule has 96 valence electrons. The molecule has 2 atom stereocenters. The lowest BCUT2D eigenvalue weighted by Crippen LogP contribution is -2.34. The van der Waals surface area contributed by atoms with Gasteiger partial charge < -0.3 is 5.32 Å². The summed E-state index contributed by atoms with van der Waals surface area (Å²) in [4.78, 5) is 11.9. The normalized spacial score (nSPS) is 13.4. The molecule has 0 saturated carbocycles. The highest BCUT2D eigenvalue weighted by Crippen LogP contribution is 2.08. The van der Waals surface area contributed by atoms with E-state index in [9.17, 15) is 4.79 Å². The van der Waals surface area contributed by atoms with E-state index in [0.717, 1.165) is 12.0 Å². The van der Waals surface area contributed by atoms with E-state index >= 15 is 0 Å². The summed E-state index contributed by atoms with van der Waals surface area (Å²) in [6.45, 7) is 4.81. The van der Waals surface area contributed by atoms with E-state index in [0.29, 0.717) is 18.9 Å². The van der Waals surface area contributed by atoms with Gasteiger partial charge in [0.2, 0.25) is 5.91 Å². The molecule has 18 heavy (non-hydrogen) atoms. The number of hydrogen-bond donors (Lipinski definition) is 1. The van der Waals surface area contributed by atoms with Crippen LogP contribution in [0.25, 0.3) is 0 Å². The molecule has 0 radical (unpaired) electrons. The third-order valence-electron chi connectivity index (χ3n) is 3.08. The Morgan fingerprint density at radius 1 is 1.39 bits per heavy atom. The Labute approximate surface area is 109 Å². The van der Waals surface area contributed by atoms with Gasteiger partial charge in [-0.3, -0.25) is 4.79 Å². The lowest BCUT2D eigenvalue weighted by atomic mass is 9.99. The number of benzene rings is 1. The molecule has 0 aliphatic carbocycles. The first-order chi connectivity index (χ1) is 8.67. The van der Waals surface area contributed by atoms with Gasteiger partial charge in [-0.15, -0.1) is 0 Å². The van der Waals surface area contributed by atoms with Crippen molar-refractivity contribution in [2.75, 3.05) is 6.54 Å². The van der Waals surface area contributed by atoms with Crippen molar-refractivity contribution >= 4 is 5.91 Å². The quantitative estimate of drug-likeness (QED) is 0.836. The Kier molecular flexibility index (Phi) is 5.93. The van der Waals surface area contributed by atoms with E-state index in [-0.39, 0.29) is 5.91 Å². The molecule has 3 heteroatoms. The lowest BCUT2D eigenvalue weighted by Gasteiger charge is -2.13. The molecule has 2 unspecified atom stereocenters. The zero-order chi connectivity index (χ0) is 13.4. The number of carbonyl (C=O) groups is 1. The highest BCUT2D eigenvalue weighted by Gasteiger charge is 2.18. The maximum Gasteiger partial charge on any atom is 0.237 e. The van der Waals surface area contributed by atoms with Gasteiger partial charge in [-0.25, -0.2) is 0 Å². The molecule has 1 amide bonds. The minimum absolute atomic E-state index is 0.165. The van der Waals surface area contributed by atoms with Gasteiger partial charge in [0.15, 0.2) is 0 Å². The Morgan fingerprint density at radius 3 is 2.61 bits per heavy atom. The fourth-order valence-corrected chi connectivity index (χ4v) is 1.59. The van der Waals surface area contributed by atoms with Crippen molar-refractivity contribution in [3.05, 3.63) is 35.9 Å². The maximum atomic E-state index is 11.9. The second kappa shape index (κ2) is 7.50. The Hall–Kier alpha value is -1.82. The van der Waals surface area contributed by atoms with Crippen molar-refractivity contribution in [1.82, 2.24) is 5.32 Å². The molecule has 1 N–H and O–H groups in total. The lowest BCUT2D eigenvalue weighted by molar-refractivity contribution is -0.123. The minimum Gasteiger partial charge on any atom is -0.355 e. The molecule has 0 aromatic heterocycles. The van der Waals surface area contributed by atoms with E-state index in [1.54, 1.807) is 0 Å². The van der Waals surface area contributed by atoms with Gasteiger partial charge in [0.05, 0.1) is 6.07 Å². The van der Waals surface area contributed by atoms with Crippen LogP contribution in [0.15, 0.2) is 30.3 Å². The highest BCUT2D eigenvalue weighted by molar-refractivity contribution is 5.81. The predicted octanol–water partition coefficient (Wildman–Crippen LogP) is 2.53. The summed E-state index contributed by atoms with van der Waals surface area (Å²) in [7, 11) is 0. The number of carbonyl (C=O) groups excluding carboxylic acids is 1. The molecule has 1 rings (SSSR count). The van der Waals surface area contributed by atoms with Gasteiger partial charge in [-0.2, -0.15) is 5.26 Å². The van der Waals surface area contributed by atoms with E-state index in [2.05, 4.69) is 25.2 Å². The number of nitrogens with one attached hydrogen (secondary N) is 1. The van der Waals surface area contributed by atoms with E-state index in [1.807, 2.05) is 30.3 Å². The molecule has 0 heterocycles. The number of amides is 1. The van der Waals surface area contributed by atoms with Crippen LogP contribution in [0.4, 0.5) is 0 Å². The molecular formula is C15H20N2O. The summed E-state index contributed by atoms with van der Waals surface area (Å²) in [5.41, 5.74) is 1.02. The zero-order valence-electron chi connectivity index (χ0n) is 11.0. The van der Waals surface area contributed by atoms with Crippen LogP contribution in [0, 0.1) is 23.2 Å². The Morgan fingerprint density at radius 2 is 2.06 bits per heavy atom. The summed E-state index contributed by atoms with van der Waals surface area (Å²) >= 11 is 0. The molecule has 0 spiro atoms. The second-order valence-electron chi connectivity index (χ2n) is 4.63. The zero-order valence-corrected chi connectivity index (χ0v) is 11.0. The van der Waals surface area contributed by atoms with Crippen LogP contribution in [-0.2, 0) is 11.2 Å². The van der Waals surface area contributed by atoms with Gasteiger partial charge in [-0.05, 0) is 17.9 Å². The molecule has 0 fully saturated rings. The van der Waals surface area contributed by atoms with Crippen molar-refractivity contribution in [2.24, 2.45) is 11.8 Å². The van der Waals surface area contributed by atoms with Gasteiger partial charge in [-0.1, -0.05) is 50.6 Å². The predicted molar refractivity (Wildman–Crippen MR) is 71.7 cm³/mol. The third-order valence-corrected chi connectivity index (χ3v) is 3.08. The Bertz CT molecular complexity index is 408. The summed E-state index contributed by atoms with van der Waals surface area (Å²) in [5.74, 6) is -0.317. The largest absolute Gasteiger partial charge is 0.355 e. The van der Waals surface area contributed by atoms with Crippen LogP contribution >= 0.6 is 0 Å². The first-order valence-electron chi connectivity index (χ1n) is 6.38. The summed E-state index contributed by atoms with van der Waals surface area (Å²) in [6.07, 6.45) is 1.50. The molecule has 3 nitrogen and oxygen atoms in total. The molecule has 1 aromatic rings. The summed E-state index contributed by atoms with van der Waals surface area (Å²) in [6, 6.07) is 11.7. The van der Waals surface area contributed by atoms with Crippen LogP contribution in [0.2, 0.25) is 0 Å². The average molecular weight is 244 g/mol. The SMILES string of the molecule is CCC(C)CNC(=O)C(C#N)Cc1ccccc1. The summed E-state index contributed by atoms with van der Waals surface area (Å²) in [5, 5.41) is 11.9. The second-order valence-corrected chi connectivity index (χ2v) is 4.63. The number of rotatable bonds is 6. The highest BCUT2D eigenvalue weighted by atomic mass is 16.1. The number of nitriles is 1. The van der Waals surface area contributed by atoms with Gasteiger partial charge in [0, 0.05) is 6.54 Å².